The Balaban J connectivity index is 3.07. The van der Waals surface area contributed by atoms with Crippen molar-refractivity contribution in [3.63, 3.8) is 0 Å². The monoisotopic (exact) mass is 308 g/mol. The molecule has 4 nitrogen and oxygen atoms in total. The highest BCUT2D eigenvalue weighted by Crippen LogP contribution is 2.36. The predicted molar refractivity (Wildman–Crippen MR) is 71.8 cm³/mol. The number of rotatable bonds is 5. The zero-order chi connectivity index (χ0) is 13.9. The van der Waals surface area contributed by atoms with Gasteiger partial charge >= 0.3 is 0 Å². The van der Waals surface area contributed by atoms with Crippen LogP contribution in [-0.2, 0) is 4.57 Å². The lowest BCUT2D eigenvalue weighted by molar-refractivity contribution is 0.108. The van der Waals surface area contributed by atoms with Crippen molar-refractivity contribution in [1.82, 2.24) is 0 Å². The van der Waals surface area contributed by atoms with Crippen LogP contribution in [0.3, 0.4) is 0 Å². The second-order valence-corrected chi connectivity index (χ2v) is 8.23. The topological polar surface area (TPSA) is 60.4 Å². The van der Waals surface area contributed by atoms with E-state index in [0.29, 0.717) is 0 Å². The van der Waals surface area contributed by atoms with Gasteiger partial charge in [0, 0.05) is 11.1 Å². The minimum absolute atomic E-state index is 0.00282. The molecule has 0 saturated carbocycles. The Bertz CT molecular complexity index is 504. The predicted octanol–water partition coefficient (Wildman–Crippen LogP) is 3.40. The van der Waals surface area contributed by atoms with E-state index < -0.39 is 17.6 Å². The zero-order valence-electron chi connectivity index (χ0n) is 9.78. The van der Waals surface area contributed by atoms with E-state index in [4.69, 9.17) is 27.9 Å². The highest BCUT2D eigenvalue weighted by atomic mass is 35.5. The second-order valence-electron chi connectivity index (χ2n) is 4.14. The van der Waals surface area contributed by atoms with Gasteiger partial charge < -0.3 is 9.30 Å². The average Bonchev–Trinajstić information content (AvgIpc) is 2.25. The summed E-state index contributed by atoms with van der Waals surface area (Å²) in [5.41, 5.74) is 0.195. The molecule has 0 aliphatic carbocycles. The van der Waals surface area contributed by atoms with Gasteiger partial charge in [-0.1, -0.05) is 0 Å². The van der Waals surface area contributed by atoms with Crippen molar-refractivity contribution in [3.05, 3.63) is 29.3 Å². The van der Waals surface area contributed by atoms with Gasteiger partial charge in [-0.25, -0.2) is 0 Å². The van der Waals surface area contributed by atoms with E-state index in [1.54, 1.807) is 13.3 Å². The molecule has 1 rings (SSSR count). The van der Waals surface area contributed by atoms with Gasteiger partial charge in [0.2, 0.25) is 0 Å². The van der Waals surface area contributed by atoms with Crippen LogP contribution >= 0.6 is 30.3 Å². The molecule has 0 heterocycles. The van der Waals surface area contributed by atoms with Crippen LogP contribution in [0.2, 0.25) is 0 Å². The Morgan fingerprint density at radius 3 is 1.89 bits per heavy atom. The van der Waals surface area contributed by atoms with Gasteiger partial charge in [-0.15, -0.1) is 0 Å². The van der Waals surface area contributed by atoms with Gasteiger partial charge in [0.05, 0.1) is 0 Å². The molecule has 0 aliphatic heterocycles. The van der Waals surface area contributed by atoms with E-state index >= 15 is 0 Å². The number of benzene rings is 1. The minimum atomic E-state index is -2.37. The standard InChI is InChI=1S/C11H11Cl2O4P/c1-18(2,16)6-17-9-4-7(10(12)14)3-8(5-9)11(13)15/h3-5H,6H2,1-2H3. The quantitative estimate of drug-likeness (QED) is 0.618. The summed E-state index contributed by atoms with van der Waals surface area (Å²) in [4.78, 5) is 22.1. The zero-order valence-corrected chi connectivity index (χ0v) is 12.2. The fourth-order valence-electron chi connectivity index (χ4n) is 1.14. The van der Waals surface area contributed by atoms with Crippen LogP contribution in [0.5, 0.6) is 5.75 Å². The second kappa shape index (κ2) is 5.87. The summed E-state index contributed by atoms with van der Waals surface area (Å²) in [7, 11) is -2.37. The molecule has 0 radical (unpaired) electrons. The first-order chi connectivity index (χ1) is 8.19. The average molecular weight is 309 g/mol. The van der Waals surface area contributed by atoms with Crippen molar-refractivity contribution >= 4 is 40.8 Å². The van der Waals surface area contributed by atoms with Gasteiger partial charge in [0.25, 0.3) is 10.5 Å². The van der Waals surface area contributed by atoms with Crippen LogP contribution in [0.4, 0.5) is 0 Å². The van der Waals surface area contributed by atoms with Crippen LogP contribution in [0.25, 0.3) is 0 Å². The Kier molecular flexibility index (Phi) is 4.97. The molecule has 98 valence electrons. The number of hydrogen-bond donors (Lipinski definition) is 0. The van der Waals surface area contributed by atoms with Gasteiger partial charge in [-0.3, -0.25) is 9.59 Å². The fourth-order valence-corrected chi connectivity index (χ4v) is 1.82. The summed E-state index contributed by atoms with van der Waals surface area (Å²) in [5, 5.41) is -1.45. The molecule has 0 amide bonds. The van der Waals surface area contributed by atoms with Crippen molar-refractivity contribution in [1.29, 1.82) is 0 Å². The SMILES string of the molecule is CP(C)(=O)COc1cc(C(=O)Cl)cc(C(=O)Cl)c1. The Morgan fingerprint density at radius 2 is 1.56 bits per heavy atom. The summed E-state index contributed by atoms with van der Waals surface area (Å²) in [6, 6.07) is 4.01. The lowest BCUT2D eigenvalue weighted by atomic mass is 10.1. The maximum atomic E-state index is 11.5. The Morgan fingerprint density at radius 1 is 1.11 bits per heavy atom. The van der Waals surface area contributed by atoms with E-state index in [1.807, 2.05) is 0 Å². The van der Waals surface area contributed by atoms with E-state index in [0.717, 1.165) is 0 Å². The fraction of sp³-hybridized carbons (Fsp3) is 0.273. The van der Waals surface area contributed by atoms with Crippen LogP contribution in [0.15, 0.2) is 18.2 Å². The summed E-state index contributed by atoms with van der Waals surface area (Å²) in [6.45, 7) is 3.13. The maximum absolute atomic E-state index is 11.5. The summed E-state index contributed by atoms with van der Waals surface area (Å²) in [5.74, 6) is 0.231. The molecular weight excluding hydrogens is 298 g/mol. The van der Waals surface area contributed by atoms with E-state index in [-0.39, 0.29) is 23.2 Å². The van der Waals surface area contributed by atoms with Crippen LogP contribution < -0.4 is 4.74 Å². The molecule has 1 aromatic rings. The van der Waals surface area contributed by atoms with Crippen molar-refractivity contribution < 1.29 is 18.9 Å². The largest absolute Gasteiger partial charge is 0.486 e. The minimum Gasteiger partial charge on any atom is -0.486 e. The Hall–Kier alpha value is -0.830. The van der Waals surface area contributed by atoms with Gasteiger partial charge in [0.15, 0.2) is 0 Å². The summed E-state index contributed by atoms with van der Waals surface area (Å²) < 4.78 is 16.8. The summed E-state index contributed by atoms with van der Waals surface area (Å²) in [6.07, 6.45) is 0.00282. The molecule has 7 heteroatoms. The smallest absolute Gasteiger partial charge is 0.252 e. The molecular formula is C11H11Cl2O4P. The third-order valence-corrected chi connectivity index (χ3v) is 3.09. The third kappa shape index (κ3) is 4.81. The maximum Gasteiger partial charge on any atom is 0.252 e. The van der Waals surface area contributed by atoms with Crippen molar-refractivity contribution in [2.24, 2.45) is 0 Å². The third-order valence-electron chi connectivity index (χ3n) is 1.90. The molecule has 0 aliphatic rings. The number of carbonyl (C=O) groups is 2. The Labute approximate surface area is 115 Å². The van der Waals surface area contributed by atoms with Crippen molar-refractivity contribution in [3.8, 4) is 5.75 Å². The molecule has 0 atom stereocenters. The van der Waals surface area contributed by atoms with Crippen LogP contribution in [-0.4, -0.2) is 30.2 Å². The molecule has 0 aromatic heterocycles. The molecule has 0 unspecified atom stereocenters. The first kappa shape index (κ1) is 15.2. The lowest BCUT2D eigenvalue weighted by Crippen LogP contribution is -2.01. The van der Waals surface area contributed by atoms with E-state index in [1.165, 1.54) is 18.2 Å². The summed E-state index contributed by atoms with van der Waals surface area (Å²) >= 11 is 10.7. The molecule has 1 aromatic carbocycles. The number of halogens is 2. The highest BCUT2D eigenvalue weighted by Gasteiger charge is 2.13. The van der Waals surface area contributed by atoms with Crippen molar-refractivity contribution in [2.75, 3.05) is 19.7 Å². The molecule has 0 N–H and O–H groups in total. The van der Waals surface area contributed by atoms with Crippen molar-refractivity contribution in [2.45, 2.75) is 0 Å². The van der Waals surface area contributed by atoms with E-state index in [9.17, 15) is 14.2 Å². The van der Waals surface area contributed by atoms with E-state index in [2.05, 4.69) is 0 Å². The molecule has 0 fully saturated rings. The van der Waals surface area contributed by atoms with Gasteiger partial charge in [-0.05, 0) is 54.7 Å². The van der Waals surface area contributed by atoms with Gasteiger partial charge in [0.1, 0.15) is 19.2 Å². The molecule has 0 saturated heterocycles. The first-order valence-corrected chi connectivity index (χ1v) is 8.45. The number of carbonyl (C=O) groups excluding carboxylic acids is 2. The molecule has 18 heavy (non-hydrogen) atoms. The van der Waals surface area contributed by atoms with Crippen LogP contribution in [0.1, 0.15) is 20.7 Å². The molecule has 0 bridgehead atoms. The normalized spacial score (nSPS) is 11.1. The number of ether oxygens (including phenoxy) is 1. The molecule has 0 spiro atoms. The highest BCUT2D eigenvalue weighted by molar-refractivity contribution is 7.62. The number of hydrogen-bond acceptors (Lipinski definition) is 4. The first-order valence-electron chi connectivity index (χ1n) is 4.90. The van der Waals surface area contributed by atoms with Gasteiger partial charge in [-0.2, -0.15) is 0 Å². The van der Waals surface area contributed by atoms with Crippen LogP contribution in [0, 0.1) is 0 Å². The lowest BCUT2D eigenvalue weighted by Gasteiger charge is -2.11.